The second-order valence-electron chi connectivity index (χ2n) is 4.40. The van der Waals surface area contributed by atoms with Gasteiger partial charge in [0, 0.05) is 12.7 Å². The molecule has 0 fully saturated rings. The second-order valence-corrected chi connectivity index (χ2v) is 4.40. The topological polar surface area (TPSA) is 3.24 Å². The van der Waals surface area contributed by atoms with Crippen molar-refractivity contribution in [2.75, 3.05) is 11.9 Å². The molecule has 0 aromatic heterocycles. The first-order valence-electron chi connectivity index (χ1n) is 6.26. The molecule has 0 amide bonds. The van der Waals surface area contributed by atoms with Gasteiger partial charge in [0.05, 0.1) is 6.04 Å². The average molecular weight is 237 g/mol. The van der Waals surface area contributed by atoms with E-state index in [9.17, 15) is 0 Å². The van der Waals surface area contributed by atoms with Crippen molar-refractivity contribution in [3.63, 3.8) is 0 Å². The summed E-state index contributed by atoms with van der Waals surface area (Å²) >= 11 is 0. The minimum atomic E-state index is 0.339. The van der Waals surface area contributed by atoms with Gasteiger partial charge >= 0.3 is 0 Å². The van der Waals surface area contributed by atoms with Gasteiger partial charge in [-0.05, 0) is 24.1 Å². The van der Waals surface area contributed by atoms with E-state index in [1.807, 2.05) is 12.1 Å². The Hall–Kier alpha value is -2.02. The van der Waals surface area contributed by atoms with Gasteiger partial charge in [0.1, 0.15) is 0 Å². The number of nitrogens with zero attached hydrogens (tertiary/aromatic N) is 1. The van der Waals surface area contributed by atoms with Crippen LogP contribution >= 0.6 is 0 Å². The fourth-order valence-corrected chi connectivity index (χ4v) is 2.19. The molecule has 0 bridgehead atoms. The lowest BCUT2D eigenvalue weighted by Crippen LogP contribution is -2.23. The third-order valence-electron chi connectivity index (χ3n) is 3.21. The van der Waals surface area contributed by atoms with Crippen molar-refractivity contribution >= 4 is 5.69 Å². The fourth-order valence-electron chi connectivity index (χ4n) is 2.19. The zero-order valence-electron chi connectivity index (χ0n) is 10.8. The third kappa shape index (κ3) is 2.80. The summed E-state index contributed by atoms with van der Waals surface area (Å²) in [4.78, 5) is 2.30. The predicted molar refractivity (Wildman–Crippen MR) is 78.8 cm³/mol. The molecular weight excluding hydrogens is 218 g/mol. The molecule has 18 heavy (non-hydrogen) atoms. The molecule has 1 heteroatoms. The highest BCUT2D eigenvalue weighted by Crippen LogP contribution is 2.28. The van der Waals surface area contributed by atoms with Crippen molar-refractivity contribution in [1.29, 1.82) is 0 Å². The average Bonchev–Trinajstić information content (AvgIpc) is 2.46. The van der Waals surface area contributed by atoms with Gasteiger partial charge in [-0.1, -0.05) is 54.6 Å². The minimum absolute atomic E-state index is 0.339. The van der Waals surface area contributed by atoms with Gasteiger partial charge in [-0.25, -0.2) is 0 Å². The van der Waals surface area contributed by atoms with E-state index in [0.717, 1.165) is 6.42 Å². The van der Waals surface area contributed by atoms with Crippen LogP contribution in [0, 0.1) is 0 Å². The lowest BCUT2D eigenvalue weighted by molar-refractivity contribution is 0.682. The van der Waals surface area contributed by atoms with E-state index in [0.29, 0.717) is 6.04 Å². The van der Waals surface area contributed by atoms with Crippen molar-refractivity contribution in [1.82, 2.24) is 0 Å². The summed E-state index contributed by atoms with van der Waals surface area (Å²) in [5.74, 6) is 0. The molecule has 1 unspecified atom stereocenters. The van der Waals surface area contributed by atoms with Gasteiger partial charge in [-0.15, -0.1) is 6.58 Å². The molecule has 0 saturated carbocycles. The summed E-state index contributed by atoms with van der Waals surface area (Å²) < 4.78 is 0. The van der Waals surface area contributed by atoms with E-state index in [4.69, 9.17) is 0 Å². The highest BCUT2D eigenvalue weighted by molar-refractivity contribution is 5.48. The summed E-state index contributed by atoms with van der Waals surface area (Å²) in [5.41, 5.74) is 2.55. The molecule has 1 nitrogen and oxygen atoms in total. The number of para-hydroxylation sites is 1. The van der Waals surface area contributed by atoms with Gasteiger partial charge in [0.15, 0.2) is 0 Å². The maximum atomic E-state index is 3.88. The zero-order chi connectivity index (χ0) is 12.8. The molecule has 2 rings (SSSR count). The maximum Gasteiger partial charge on any atom is 0.0573 e. The quantitative estimate of drug-likeness (QED) is 0.695. The van der Waals surface area contributed by atoms with E-state index in [1.165, 1.54) is 11.3 Å². The first kappa shape index (κ1) is 12.4. The Balaban J connectivity index is 2.28. The van der Waals surface area contributed by atoms with E-state index < -0.39 is 0 Å². The monoisotopic (exact) mass is 237 g/mol. The van der Waals surface area contributed by atoms with E-state index in [-0.39, 0.29) is 0 Å². The van der Waals surface area contributed by atoms with Gasteiger partial charge in [-0.2, -0.15) is 0 Å². The van der Waals surface area contributed by atoms with E-state index in [2.05, 4.69) is 73.1 Å². The fraction of sp³-hybridized carbons (Fsp3) is 0.176. The van der Waals surface area contributed by atoms with Gasteiger partial charge in [0.25, 0.3) is 0 Å². The second kappa shape index (κ2) is 6.06. The Morgan fingerprint density at radius 2 is 1.56 bits per heavy atom. The van der Waals surface area contributed by atoms with Crippen molar-refractivity contribution in [2.24, 2.45) is 0 Å². The summed E-state index contributed by atoms with van der Waals surface area (Å²) in [6, 6.07) is 21.4. The summed E-state index contributed by atoms with van der Waals surface area (Å²) in [7, 11) is 2.14. The first-order chi connectivity index (χ1) is 8.83. The Morgan fingerprint density at radius 1 is 1.00 bits per heavy atom. The minimum Gasteiger partial charge on any atom is -0.367 e. The molecule has 0 radical (unpaired) electrons. The van der Waals surface area contributed by atoms with E-state index >= 15 is 0 Å². The van der Waals surface area contributed by atoms with Crippen LogP contribution in [0.4, 0.5) is 5.69 Å². The number of hydrogen-bond donors (Lipinski definition) is 0. The Labute approximate surface area is 109 Å². The molecule has 0 aliphatic rings. The Morgan fingerprint density at radius 3 is 2.11 bits per heavy atom. The smallest absolute Gasteiger partial charge is 0.0573 e. The summed E-state index contributed by atoms with van der Waals surface area (Å²) in [5, 5.41) is 0. The van der Waals surface area contributed by atoms with Crippen LogP contribution in [0.25, 0.3) is 0 Å². The van der Waals surface area contributed by atoms with Crippen molar-refractivity contribution in [3.8, 4) is 0 Å². The molecule has 0 heterocycles. The summed E-state index contributed by atoms with van der Waals surface area (Å²) in [6.45, 7) is 3.88. The van der Waals surface area contributed by atoms with Crippen LogP contribution in [-0.4, -0.2) is 7.05 Å². The highest BCUT2D eigenvalue weighted by Gasteiger charge is 2.15. The van der Waals surface area contributed by atoms with Crippen molar-refractivity contribution in [3.05, 3.63) is 78.9 Å². The first-order valence-corrected chi connectivity index (χ1v) is 6.26. The van der Waals surface area contributed by atoms with Crippen LogP contribution in [0.3, 0.4) is 0 Å². The molecule has 2 aromatic rings. The lowest BCUT2D eigenvalue weighted by atomic mass is 10.0. The number of rotatable bonds is 5. The highest BCUT2D eigenvalue weighted by atomic mass is 15.1. The van der Waals surface area contributed by atoms with E-state index in [1.54, 1.807) is 0 Å². The molecule has 92 valence electrons. The third-order valence-corrected chi connectivity index (χ3v) is 3.21. The molecule has 0 spiro atoms. The summed E-state index contributed by atoms with van der Waals surface area (Å²) in [6.07, 6.45) is 2.92. The molecule has 0 N–H and O–H groups in total. The van der Waals surface area contributed by atoms with Crippen LogP contribution in [0.2, 0.25) is 0 Å². The Bertz CT molecular complexity index is 475. The molecular formula is C17H19N. The number of hydrogen-bond acceptors (Lipinski definition) is 1. The Kier molecular flexibility index (Phi) is 4.19. The molecule has 0 saturated heterocycles. The zero-order valence-corrected chi connectivity index (χ0v) is 10.8. The molecule has 2 aromatic carbocycles. The standard InChI is InChI=1S/C17H19N/c1-3-10-17(15-11-6-4-7-12-15)18(2)16-13-8-5-9-14-16/h3-9,11-14,17H,1,10H2,2H3. The lowest BCUT2D eigenvalue weighted by Gasteiger charge is -2.29. The number of anilines is 1. The SMILES string of the molecule is C=CCC(c1ccccc1)N(C)c1ccccc1. The van der Waals surface area contributed by atoms with Crippen molar-refractivity contribution in [2.45, 2.75) is 12.5 Å². The van der Waals surface area contributed by atoms with Gasteiger partial charge in [-0.3, -0.25) is 0 Å². The molecule has 0 aliphatic heterocycles. The van der Waals surface area contributed by atoms with Crippen LogP contribution in [0.15, 0.2) is 73.3 Å². The van der Waals surface area contributed by atoms with Crippen LogP contribution in [-0.2, 0) is 0 Å². The van der Waals surface area contributed by atoms with Gasteiger partial charge in [0.2, 0.25) is 0 Å². The molecule has 0 aliphatic carbocycles. The van der Waals surface area contributed by atoms with Crippen molar-refractivity contribution < 1.29 is 0 Å². The van der Waals surface area contributed by atoms with Crippen LogP contribution < -0.4 is 4.90 Å². The predicted octanol–water partition coefficient (Wildman–Crippen LogP) is 4.44. The van der Waals surface area contributed by atoms with Crippen LogP contribution in [0.5, 0.6) is 0 Å². The van der Waals surface area contributed by atoms with Crippen LogP contribution in [0.1, 0.15) is 18.0 Å². The largest absolute Gasteiger partial charge is 0.367 e. The van der Waals surface area contributed by atoms with Gasteiger partial charge < -0.3 is 4.90 Å². The molecule has 1 atom stereocenters. The maximum absolute atomic E-state index is 3.88. The normalized spacial score (nSPS) is 11.8. The number of benzene rings is 2.